The summed E-state index contributed by atoms with van der Waals surface area (Å²) < 4.78 is 7.18. The lowest BCUT2D eigenvalue weighted by Crippen LogP contribution is -2.08. The molecule has 0 saturated heterocycles. The molecule has 0 atom stereocenters. The van der Waals surface area contributed by atoms with Crippen molar-refractivity contribution in [1.82, 2.24) is 19.6 Å². The van der Waals surface area contributed by atoms with Crippen LogP contribution in [0.3, 0.4) is 0 Å². The van der Waals surface area contributed by atoms with Crippen LogP contribution in [-0.4, -0.2) is 37.9 Å². The Bertz CT molecular complexity index is 1290. The standard InChI is InChI=1S/C26H27N5O2/c1-3-4-9-24-23(25-29-26(33-15-14-32)30-31(25)18(2)28-24)16-19-10-12-20(13-11-19)22-8-6-5-7-21(22)17-27/h5-8,10-13,32H,3-4,9,14-16H2,1-2H3. The van der Waals surface area contributed by atoms with Gasteiger partial charge in [-0.05, 0) is 42.5 Å². The molecule has 2 aromatic carbocycles. The van der Waals surface area contributed by atoms with Gasteiger partial charge in [-0.1, -0.05) is 55.8 Å². The van der Waals surface area contributed by atoms with Crippen LogP contribution in [0, 0.1) is 18.3 Å². The molecule has 0 saturated carbocycles. The highest BCUT2D eigenvalue weighted by atomic mass is 16.5. The van der Waals surface area contributed by atoms with Crippen molar-refractivity contribution in [1.29, 1.82) is 5.26 Å². The summed E-state index contributed by atoms with van der Waals surface area (Å²) in [5.74, 6) is 0.759. The number of nitrogens with zero attached hydrogens (tertiary/aromatic N) is 5. The highest BCUT2D eigenvalue weighted by molar-refractivity contribution is 5.70. The highest BCUT2D eigenvalue weighted by Crippen LogP contribution is 2.26. The number of benzene rings is 2. The summed E-state index contributed by atoms with van der Waals surface area (Å²) in [6.45, 7) is 4.13. The van der Waals surface area contributed by atoms with Crippen LogP contribution in [0.5, 0.6) is 6.01 Å². The van der Waals surface area contributed by atoms with Crippen molar-refractivity contribution >= 4 is 5.65 Å². The summed E-state index contributed by atoms with van der Waals surface area (Å²) in [4.78, 5) is 9.44. The molecule has 4 aromatic rings. The highest BCUT2D eigenvalue weighted by Gasteiger charge is 2.18. The van der Waals surface area contributed by atoms with Gasteiger partial charge in [-0.3, -0.25) is 0 Å². The average Bonchev–Trinajstić information content (AvgIpc) is 3.29. The molecule has 0 aliphatic carbocycles. The number of nitriles is 1. The first-order chi connectivity index (χ1) is 16.1. The summed E-state index contributed by atoms with van der Waals surface area (Å²) in [7, 11) is 0. The molecular formula is C26H27N5O2. The second kappa shape index (κ2) is 10.2. The molecule has 7 heteroatoms. The normalized spacial score (nSPS) is 11.0. The van der Waals surface area contributed by atoms with E-state index in [2.05, 4.69) is 47.3 Å². The number of ether oxygens (including phenoxy) is 1. The Morgan fingerprint density at radius 2 is 1.88 bits per heavy atom. The van der Waals surface area contributed by atoms with Gasteiger partial charge in [-0.25, -0.2) is 4.98 Å². The van der Waals surface area contributed by atoms with E-state index in [0.29, 0.717) is 12.0 Å². The first-order valence-electron chi connectivity index (χ1n) is 11.2. The van der Waals surface area contributed by atoms with Gasteiger partial charge in [0.15, 0.2) is 5.65 Å². The van der Waals surface area contributed by atoms with E-state index in [1.807, 2.05) is 31.2 Å². The minimum atomic E-state index is -0.0946. The summed E-state index contributed by atoms with van der Waals surface area (Å²) in [6, 6.07) is 18.4. The molecule has 168 valence electrons. The molecule has 0 bridgehead atoms. The average molecular weight is 442 g/mol. The van der Waals surface area contributed by atoms with E-state index in [1.165, 1.54) is 0 Å². The van der Waals surface area contributed by atoms with Crippen LogP contribution < -0.4 is 4.74 Å². The lowest BCUT2D eigenvalue weighted by molar-refractivity contribution is 0.191. The van der Waals surface area contributed by atoms with Gasteiger partial charge in [-0.2, -0.15) is 14.8 Å². The SMILES string of the molecule is CCCCc1nc(C)n2nc(OCCO)nc2c1Cc1ccc(-c2ccccc2C#N)cc1. The maximum Gasteiger partial charge on any atom is 0.336 e. The Balaban J connectivity index is 1.71. The molecule has 0 aliphatic heterocycles. The van der Waals surface area contributed by atoms with Crippen molar-refractivity contribution < 1.29 is 9.84 Å². The first-order valence-corrected chi connectivity index (χ1v) is 11.2. The van der Waals surface area contributed by atoms with Crippen molar-refractivity contribution in [2.45, 2.75) is 39.5 Å². The number of fused-ring (bicyclic) bond motifs is 1. The number of aliphatic hydroxyl groups is 1. The van der Waals surface area contributed by atoms with E-state index in [9.17, 15) is 5.26 Å². The fourth-order valence-corrected chi connectivity index (χ4v) is 3.92. The molecule has 0 unspecified atom stereocenters. The minimum Gasteiger partial charge on any atom is -0.460 e. The van der Waals surface area contributed by atoms with Gasteiger partial charge in [-0.15, -0.1) is 5.10 Å². The van der Waals surface area contributed by atoms with E-state index in [1.54, 1.807) is 4.52 Å². The quantitative estimate of drug-likeness (QED) is 0.417. The zero-order chi connectivity index (χ0) is 23.2. The Hall–Kier alpha value is -3.76. The molecule has 7 nitrogen and oxygen atoms in total. The van der Waals surface area contributed by atoms with Crippen LogP contribution in [0.15, 0.2) is 48.5 Å². The van der Waals surface area contributed by atoms with Crippen molar-refractivity contribution in [3.63, 3.8) is 0 Å². The summed E-state index contributed by atoms with van der Waals surface area (Å²) in [5.41, 5.74) is 6.52. The lowest BCUT2D eigenvalue weighted by Gasteiger charge is -2.12. The van der Waals surface area contributed by atoms with Crippen LogP contribution >= 0.6 is 0 Å². The van der Waals surface area contributed by atoms with E-state index in [0.717, 1.165) is 58.7 Å². The predicted octanol–water partition coefficient (Wildman–Crippen LogP) is 4.28. The van der Waals surface area contributed by atoms with Crippen molar-refractivity contribution in [2.24, 2.45) is 0 Å². The molecule has 2 aromatic heterocycles. The molecule has 2 heterocycles. The maximum absolute atomic E-state index is 9.41. The monoisotopic (exact) mass is 441 g/mol. The summed E-state index contributed by atoms with van der Waals surface area (Å²) in [6.07, 6.45) is 3.65. The largest absolute Gasteiger partial charge is 0.460 e. The molecule has 0 radical (unpaired) electrons. The van der Waals surface area contributed by atoms with Crippen LogP contribution in [0.25, 0.3) is 16.8 Å². The lowest BCUT2D eigenvalue weighted by atomic mass is 9.96. The predicted molar refractivity (Wildman–Crippen MR) is 126 cm³/mol. The van der Waals surface area contributed by atoms with E-state index in [-0.39, 0.29) is 19.2 Å². The van der Waals surface area contributed by atoms with E-state index < -0.39 is 0 Å². The molecule has 0 fully saturated rings. The van der Waals surface area contributed by atoms with E-state index in [4.69, 9.17) is 14.8 Å². The molecule has 0 amide bonds. The molecular weight excluding hydrogens is 414 g/mol. The van der Waals surface area contributed by atoms with Crippen molar-refractivity contribution in [2.75, 3.05) is 13.2 Å². The Morgan fingerprint density at radius 1 is 1.09 bits per heavy atom. The topological polar surface area (TPSA) is 96.3 Å². The number of hydrogen-bond donors (Lipinski definition) is 1. The number of aryl methyl sites for hydroxylation is 2. The van der Waals surface area contributed by atoms with Gasteiger partial charge >= 0.3 is 6.01 Å². The van der Waals surface area contributed by atoms with Gasteiger partial charge in [0.05, 0.1) is 18.2 Å². The smallest absolute Gasteiger partial charge is 0.336 e. The third-order valence-corrected chi connectivity index (χ3v) is 5.59. The zero-order valence-electron chi connectivity index (χ0n) is 19.0. The fourth-order valence-electron chi connectivity index (χ4n) is 3.92. The number of aromatic nitrogens is 4. The van der Waals surface area contributed by atoms with Crippen LogP contribution in [0.2, 0.25) is 0 Å². The number of hydrogen-bond acceptors (Lipinski definition) is 6. The Morgan fingerprint density at radius 3 is 2.61 bits per heavy atom. The molecule has 1 N–H and O–H groups in total. The van der Waals surface area contributed by atoms with Gasteiger partial charge in [0, 0.05) is 17.7 Å². The number of rotatable bonds is 9. The zero-order valence-corrected chi connectivity index (χ0v) is 19.0. The van der Waals surface area contributed by atoms with Crippen LogP contribution in [0.1, 0.15) is 48.0 Å². The maximum atomic E-state index is 9.41. The van der Waals surface area contributed by atoms with Gasteiger partial charge in [0.25, 0.3) is 0 Å². The van der Waals surface area contributed by atoms with Crippen LogP contribution in [-0.2, 0) is 12.8 Å². The van der Waals surface area contributed by atoms with Gasteiger partial charge < -0.3 is 9.84 Å². The Kier molecular flexibility index (Phi) is 6.96. The molecule has 0 spiro atoms. The van der Waals surface area contributed by atoms with Gasteiger partial charge in [0.1, 0.15) is 12.4 Å². The second-order valence-corrected chi connectivity index (χ2v) is 7.92. The minimum absolute atomic E-state index is 0.0946. The third-order valence-electron chi connectivity index (χ3n) is 5.59. The van der Waals surface area contributed by atoms with Crippen molar-refractivity contribution in [3.8, 4) is 23.2 Å². The Labute approximate surface area is 193 Å². The molecule has 0 aliphatic rings. The third kappa shape index (κ3) is 4.86. The number of aliphatic hydroxyl groups excluding tert-OH is 1. The fraction of sp³-hybridized carbons (Fsp3) is 0.308. The summed E-state index contributed by atoms with van der Waals surface area (Å²) in [5, 5.41) is 22.9. The first kappa shape index (κ1) is 22.4. The second-order valence-electron chi connectivity index (χ2n) is 7.92. The van der Waals surface area contributed by atoms with Crippen LogP contribution in [0.4, 0.5) is 0 Å². The van der Waals surface area contributed by atoms with Gasteiger partial charge in [0.2, 0.25) is 0 Å². The number of unbranched alkanes of at least 4 members (excludes halogenated alkanes) is 1. The molecule has 33 heavy (non-hydrogen) atoms. The summed E-state index contributed by atoms with van der Waals surface area (Å²) >= 11 is 0. The molecule has 4 rings (SSSR count). The van der Waals surface area contributed by atoms with E-state index >= 15 is 0 Å². The van der Waals surface area contributed by atoms with Crippen molar-refractivity contribution in [3.05, 3.63) is 76.7 Å².